The predicted molar refractivity (Wildman–Crippen MR) is 62.1 cm³/mol. The number of amides is 1. The molecule has 6 nitrogen and oxygen atoms in total. The molecule has 2 heterocycles. The normalized spacial score (nSPS) is 16.6. The van der Waals surface area contributed by atoms with E-state index in [1.807, 2.05) is 18.1 Å². The van der Waals surface area contributed by atoms with E-state index < -0.39 is 0 Å². The van der Waals surface area contributed by atoms with Crippen LogP contribution in [0.25, 0.3) is 0 Å². The fourth-order valence-corrected chi connectivity index (χ4v) is 2.00. The minimum atomic E-state index is 0.138. The van der Waals surface area contributed by atoms with E-state index in [1.54, 1.807) is 11.6 Å². The molecule has 0 saturated carbocycles. The summed E-state index contributed by atoms with van der Waals surface area (Å²) in [5, 5.41) is 4.11. The lowest BCUT2D eigenvalue weighted by atomic mass is 10.3. The zero-order valence-corrected chi connectivity index (χ0v) is 9.68. The van der Waals surface area contributed by atoms with Crippen molar-refractivity contribution in [3.8, 4) is 0 Å². The summed E-state index contributed by atoms with van der Waals surface area (Å²) in [5.41, 5.74) is 6.78. The highest BCUT2D eigenvalue weighted by atomic mass is 16.2. The van der Waals surface area contributed by atoms with Crippen molar-refractivity contribution in [2.45, 2.75) is 6.92 Å². The Bertz CT molecular complexity index is 392. The maximum Gasteiger partial charge on any atom is 0.219 e. The Labute approximate surface area is 94.6 Å². The summed E-state index contributed by atoms with van der Waals surface area (Å²) < 4.78 is 1.71. The Kier molecular flexibility index (Phi) is 2.72. The Balaban J connectivity index is 2.04. The molecule has 1 aliphatic heterocycles. The van der Waals surface area contributed by atoms with E-state index in [0.29, 0.717) is 5.82 Å². The third-order valence-electron chi connectivity index (χ3n) is 2.90. The van der Waals surface area contributed by atoms with Gasteiger partial charge in [0, 0.05) is 40.2 Å². The van der Waals surface area contributed by atoms with Crippen molar-refractivity contribution in [3.63, 3.8) is 0 Å². The second-order valence-corrected chi connectivity index (χ2v) is 4.07. The van der Waals surface area contributed by atoms with Crippen molar-refractivity contribution in [1.29, 1.82) is 0 Å². The molecule has 16 heavy (non-hydrogen) atoms. The molecule has 0 aliphatic carbocycles. The van der Waals surface area contributed by atoms with E-state index in [9.17, 15) is 4.79 Å². The fraction of sp³-hybridized carbons (Fsp3) is 0.600. The molecule has 0 spiro atoms. The van der Waals surface area contributed by atoms with Gasteiger partial charge in [-0.05, 0) is 0 Å². The van der Waals surface area contributed by atoms with Crippen LogP contribution in [0.3, 0.4) is 0 Å². The SMILES string of the molecule is CC(=O)N1CCN(c2cn(C)nc2N)CC1. The molecule has 6 heteroatoms. The lowest BCUT2D eigenvalue weighted by Gasteiger charge is -2.34. The number of anilines is 2. The minimum absolute atomic E-state index is 0.138. The molecule has 0 radical (unpaired) electrons. The topological polar surface area (TPSA) is 67.4 Å². The predicted octanol–water partition coefficient (Wildman–Crippen LogP) is -0.329. The number of piperazine rings is 1. The summed E-state index contributed by atoms with van der Waals surface area (Å²) in [4.78, 5) is 15.2. The van der Waals surface area contributed by atoms with Crippen molar-refractivity contribution in [2.24, 2.45) is 7.05 Å². The van der Waals surface area contributed by atoms with E-state index in [0.717, 1.165) is 31.9 Å². The zero-order chi connectivity index (χ0) is 11.7. The molecule has 1 amide bonds. The van der Waals surface area contributed by atoms with Gasteiger partial charge in [0.1, 0.15) is 0 Å². The third kappa shape index (κ3) is 1.95. The molecule has 2 rings (SSSR count). The quantitative estimate of drug-likeness (QED) is 0.708. The van der Waals surface area contributed by atoms with Gasteiger partial charge in [0.25, 0.3) is 0 Å². The first-order chi connectivity index (χ1) is 7.58. The zero-order valence-electron chi connectivity index (χ0n) is 9.68. The first kappa shape index (κ1) is 10.8. The summed E-state index contributed by atoms with van der Waals surface area (Å²) in [6.07, 6.45) is 1.92. The van der Waals surface area contributed by atoms with Crippen LogP contribution in [0.4, 0.5) is 11.5 Å². The van der Waals surface area contributed by atoms with Gasteiger partial charge in [0.05, 0.1) is 11.9 Å². The van der Waals surface area contributed by atoms with Crippen LogP contribution >= 0.6 is 0 Å². The second-order valence-electron chi connectivity index (χ2n) is 4.07. The highest BCUT2D eigenvalue weighted by Gasteiger charge is 2.21. The van der Waals surface area contributed by atoms with Gasteiger partial charge < -0.3 is 15.5 Å². The van der Waals surface area contributed by atoms with Gasteiger partial charge in [0.15, 0.2) is 5.82 Å². The molecule has 0 atom stereocenters. The molecule has 1 aromatic rings. The molecule has 0 unspecified atom stereocenters. The molecule has 1 aliphatic rings. The lowest BCUT2D eigenvalue weighted by Crippen LogP contribution is -2.48. The van der Waals surface area contributed by atoms with Crippen molar-refractivity contribution in [3.05, 3.63) is 6.20 Å². The summed E-state index contributed by atoms with van der Waals surface area (Å²) >= 11 is 0. The number of carbonyl (C=O) groups is 1. The van der Waals surface area contributed by atoms with Crippen molar-refractivity contribution >= 4 is 17.4 Å². The summed E-state index contributed by atoms with van der Waals surface area (Å²) in [7, 11) is 1.85. The van der Waals surface area contributed by atoms with Gasteiger partial charge in [-0.3, -0.25) is 9.48 Å². The number of nitrogens with two attached hydrogens (primary N) is 1. The fourth-order valence-electron chi connectivity index (χ4n) is 2.00. The number of nitrogen functional groups attached to an aromatic ring is 1. The van der Waals surface area contributed by atoms with E-state index in [1.165, 1.54) is 0 Å². The van der Waals surface area contributed by atoms with Crippen LogP contribution in [0.1, 0.15) is 6.92 Å². The monoisotopic (exact) mass is 223 g/mol. The Morgan fingerprint density at radius 3 is 2.44 bits per heavy atom. The summed E-state index contributed by atoms with van der Waals surface area (Å²) in [5.74, 6) is 0.692. The summed E-state index contributed by atoms with van der Waals surface area (Å²) in [6.45, 7) is 4.74. The number of aryl methyl sites for hydroxylation is 1. The minimum Gasteiger partial charge on any atom is -0.380 e. The number of hydrogen-bond donors (Lipinski definition) is 1. The van der Waals surface area contributed by atoms with Gasteiger partial charge >= 0.3 is 0 Å². The maximum absolute atomic E-state index is 11.2. The van der Waals surface area contributed by atoms with Gasteiger partial charge in [-0.1, -0.05) is 0 Å². The van der Waals surface area contributed by atoms with E-state index in [4.69, 9.17) is 5.73 Å². The molecule has 1 saturated heterocycles. The lowest BCUT2D eigenvalue weighted by molar-refractivity contribution is -0.129. The average molecular weight is 223 g/mol. The van der Waals surface area contributed by atoms with E-state index in [-0.39, 0.29) is 5.91 Å². The van der Waals surface area contributed by atoms with Crippen molar-refractivity contribution in [1.82, 2.24) is 14.7 Å². The molecular weight excluding hydrogens is 206 g/mol. The molecule has 2 N–H and O–H groups in total. The maximum atomic E-state index is 11.2. The van der Waals surface area contributed by atoms with Crippen LogP contribution in [-0.4, -0.2) is 46.8 Å². The van der Waals surface area contributed by atoms with Crippen molar-refractivity contribution < 1.29 is 4.79 Å². The van der Waals surface area contributed by atoms with Crippen LogP contribution in [0.5, 0.6) is 0 Å². The number of hydrogen-bond acceptors (Lipinski definition) is 4. The van der Waals surface area contributed by atoms with Crippen LogP contribution in [0.15, 0.2) is 6.20 Å². The molecule has 88 valence electrons. The number of rotatable bonds is 1. The first-order valence-electron chi connectivity index (χ1n) is 5.37. The number of nitrogens with zero attached hydrogens (tertiary/aromatic N) is 4. The Morgan fingerprint density at radius 2 is 2.00 bits per heavy atom. The van der Waals surface area contributed by atoms with Crippen LogP contribution < -0.4 is 10.6 Å². The number of aromatic nitrogens is 2. The van der Waals surface area contributed by atoms with E-state index in [2.05, 4.69) is 10.00 Å². The van der Waals surface area contributed by atoms with E-state index >= 15 is 0 Å². The van der Waals surface area contributed by atoms with Gasteiger partial charge in [-0.2, -0.15) is 5.10 Å². The van der Waals surface area contributed by atoms with Gasteiger partial charge in [-0.15, -0.1) is 0 Å². The average Bonchev–Trinajstić information content (AvgIpc) is 2.58. The van der Waals surface area contributed by atoms with Crippen LogP contribution in [0, 0.1) is 0 Å². The second kappa shape index (κ2) is 4.03. The van der Waals surface area contributed by atoms with Gasteiger partial charge in [-0.25, -0.2) is 0 Å². The highest BCUT2D eigenvalue weighted by Crippen LogP contribution is 2.22. The summed E-state index contributed by atoms with van der Waals surface area (Å²) in [6, 6.07) is 0. The molecular formula is C10H17N5O. The molecule has 1 aromatic heterocycles. The van der Waals surface area contributed by atoms with Crippen LogP contribution in [-0.2, 0) is 11.8 Å². The smallest absolute Gasteiger partial charge is 0.219 e. The molecule has 1 fully saturated rings. The first-order valence-corrected chi connectivity index (χ1v) is 5.37. The highest BCUT2D eigenvalue weighted by molar-refractivity contribution is 5.73. The third-order valence-corrected chi connectivity index (χ3v) is 2.90. The standard InChI is InChI=1S/C10H17N5O/c1-8(16)14-3-5-15(6-4-14)9-7-13(2)12-10(9)11/h7H,3-6H2,1-2H3,(H2,11,12). The number of carbonyl (C=O) groups excluding carboxylic acids is 1. The Hall–Kier alpha value is -1.72. The largest absolute Gasteiger partial charge is 0.380 e. The van der Waals surface area contributed by atoms with Crippen LogP contribution in [0.2, 0.25) is 0 Å². The Morgan fingerprint density at radius 1 is 1.38 bits per heavy atom. The van der Waals surface area contributed by atoms with Crippen molar-refractivity contribution in [2.75, 3.05) is 36.8 Å². The molecule has 0 bridgehead atoms. The van der Waals surface area contributed by atoms with Gasteiger partial charge in [0.2, 0.25) is 5.91 Å². The molecule has 0 aromatic carbocycles.